The standard InChI is InChI=1S/C20H18ClFN4O3S/c1-29-17-8-13-12(9-23-20-15(13)10-24-26-20)7-14(17)18-16(22)5-4-11(19(18)21)3-2-6-25-30(27)28/h4-5,7-10,25H,2-3,6H2,1H3,(H,27,28)(H,23,24,26)/p-1. The van der Waals surface area contributed by atoms with Crippen LogP contribution in [0.15, 0.2) is 36.7 Å². The molecular formula is C20H17ClFN4O3S-. The predicted molar refractivity (Wildman–Crippen MR) is 114 cm³/mol. The summed E-state index contributed by atoms with van der Waals surface area (Å²) in [6, 6.07) is 6.58. The van der Waals surface area contributed by atoms with Crippen LogP contribution in [0.25, 0.3) is 32.9 Å². The number of hydrogen-bond acceptors (Lipinski definition) is 5. The molecule has 0 radical (unpaired) electrons. The third-order valence-corrected chi connectivity index (χ3v) is 5.77. The van der Waals surface area contributed by atoms with Crippen LogP contribution < -0.4 is 9.46 Å². The second-order valence-corrected chi connectivity index (χ2v) is 7.79. The van der Waals surface area contributed by atoms with Gasteiger partial charge in [0.1, 0.15) is 11.6 Å². The normalized spacial score (nSPS) is 12.5. The average Bonchev–Trinajstić information content (AvgIpc) is 3.21. The van der Waals surface area contributed by atoms with Gasteiger partial charge in [-0.1, -0.05) is 17.7 Å². The van der Waals surface area contributed by atoms with Crippen molar-refractivity contribution in [2.24, 2.45) is 0 Å². The number of aromatic amines is 1. The molecule has 0 aliphatic carbocycles. The highest BCUT2D eigenvalue weighted by atomic mass is 35.5. The first-order valence-electron chi connectivity index (χ1n) is 9.09. The van der Waals surface area contributed by atoms with Crippen LogP contribution in [-0.2, 0) is 17.7 Å². The van der Waals surface area contributed by atoms with E-state index in [0.29, 0.717) is 29.8 Å². The molecule has 4 aromatic rings. The molecule has 156 valence electrons. The Hall–Kier alpha value is -2.59. The van der Waals surface area contributed by atoms with Crippen LogP contribution in [0.5, 0.6) is 5.75 Å². The fourth-order valence-corrected chi connectivity index (χ4v) is 4.14. The molecule has 2 N–H and O–H groups in total. The SMILES string of the molecule is COc1cc2c(cnc3[nH]ncc32)cc1-c1c(F)ccc(CCCNS(=O)[O-])c1Cl. The topological polar surface area (TPSA) is 103 Å². The highest BCUT2D eigenvalue weighted by molar-refractivity contribution is 7.77. The Balaban J connectivity index is 1.79. The quantitative estimate of drug-likeness (QED) is 0.330. The number of H-pyrrole nitrogens is 1. The molecule has 30 heavy (non-hydrogen) atoms. The maximum Gasteiger partial charge on any atom is 0.155 e. The van der Waals surface area contributed by atoms with Gasteiger partial charge < -0.3 is 9.29 Å². The van der Waals surface area contributed by atoms with Gasteiger partial charge in [-0.3, -0.25) is 9.31 Å². The lowest BCUT2D eigenvalue weighted by molar-refractivity contribution is 0.417. The van der Waals surface area contributed by atoms with Crippen LogP contribution in [-0.4, -0.2) is 37.6 Å². The summed E-state index contributed by atoms with van der Waals surface area (Å²) in [5.74, 6) is -0.00453. The first kappa shape index (κ1) is 20.7. The van der Waals surface area contributed by atoms with Crippen molar-refractivity contribution in [3.8, 4) is 16.9 Å². The van der Waals surface area contributed by atoms with Crippen LogP contribution >= 0.6 is 11.6 Å². The van der Waals surface area contributed by atoms with E-state index in [1.165, 1.54) is 13.2 Å². The van der Waals surface area contributed by atoms with Crippen molar-refractivity contribution in [3.63, 3.8) is 0 Å². The lowest BCUT2D eigenvalue weighted by Crippen LogP contribution is -2.18. The molecule has 0 bridgehead atoms. The molecule has 0 saturated carbocycles. The van der Waals surface area contributed by atoms with Gasteiger partial charge in [-0.15, -0.1) is 0 Å². The number of fused-ring (bicyclic) bond motifs is 3. The predicted octanol–water partition coefficient (Wildman–Crippen LogP) is 3.90. The van der Waals surface area contributed by atoms with Crippen LogP contribution in [0.3, 0.4) is 0 Å². The molecule has 1 unspecified atom stereocenters. The van der Waals surface area contributed by atoms with E-state index >= 15 is 0 Å². The lowest BCUT2D eigenvalue weighted by Gasteiger charge is -2.15. The Labute approximate surface area is 179 Å². The Morgan fingerprint density at radius 2 is 2.13 bits per heavy atom. The molecule has 0 amide bonds. The Bertz CT molecular complexity index is 1260. The largest absolute Gasteiger partial charge is 0.760 e. The van der Waals surface area contributed by atoms with E-state index in [1.807, 2.05) is 6.07 Å². The molecule has 4 rings (SSSR count). The summed E-state index contributed by atoms with van der Waals surface area (Å²) >= 11 is 4.27. The monoisotopic (exact) mass is 447 g/mol. The van der Waals surface area contributed by atoms with Crippen molar-refractivity contribution < 1.29 is 17.9 Å². The van der Waals surface area contributed by atoms with E-state index in [2.05, 4.69) is 19.9 Å². The van der Waals surface area contributed by atoms with Crippen molar-refractivity contribution in [2.75, 3.05) is 13.7 Å². The van der Waals surface area contributed by atoms with Crippen LogP contribution in [0.2, 0.25) is 5.02 Å². The molecular weight excluding hydrogens is 431 g/mol. The first-order valence-corrected chi connectivity index (χ1v) is 10.5. The van der Waals surface area contributed by atoms with E-state index < -0.39 is 17.1 Å². The van der Waals surface area contributed by atoms with Gasteiger partial charge in [-0.25, -0.2) is 14.1 Å². The van der Waals surface area contributed by atoms with Crippen molar-refractivity contribution in [2.45, 2.75) is 12.8 Å². The number of halogens is 2. The van der Waals surface area contributed by atoms with Gasteiger partial charge in [0.2, 0.25) is 0 Å². The number of aromatic nitrogens is 3. The highest BCUT2D eigenvalue weighted by Crippen LogP contribution is 2.41. The van der Waals surface area contributed by atoms with E-state index in [4.69, 9.17) is 16.3 Å². The Morgan fingerprint density at radius 3 is 2.90 bits per heavy atom. The summed E-state index contributed by atoms with van der Waals surface area (Å²) in [5, 5.41) is 9.62. The number of ether oxygens (including phenoxy) is 1. The average molecular weight is 448 g/mol. The number of aryl methyl sites for hydroxylation is 1. The molecule has 2 aromatic heterocycles. The smallest absolute Gasteiger partial charge is 0.155 e. The second-order valence-electron chi connectivity index (χ2n) is 6.66. The number of rotatable bonds is 7. The van der Waals surface area contributed by atoms with Gasteiger partial charge >= 0.3 is 0 Å². The minimum atomic E-state index is -2.31. The van der Waals surface area contributed by atoms with E-state index in [1.54, 1.807) is 24.5 Å². The lowest BCUT2D eigenvalue weighted by atomic mass is 9.96. The van der Waals surface area contributed by atoms with Crippen LogP contribution in [0, 0.1) is 5.82 Å². The van der Waals surface area contributed by atoms with Crippen LogP contribution in [0.1, 0.15) is 12.0 Å². The maximum atomic E-state index is 14.9. The van der Waals surface area contributed by atoms with Gasteiger partial charge in [-0.05, 0) is 42.0 Å². The maximum absolute atomic E-state index is 14.9. The van der Waals surface area contributed by atoms with Gasteiger partial charge in [-0.2, -0.15) is 5.10 Å². The molecule has 10 heteroatoms. The van der Waals surface area contributed by atoms with Gasteiger partial charge in [0.15, 0.2) is 5.65 Å². The van der Waals surface area contributed by atoms with Crippen LogP contribution in [0.4, 0.5) is 4.39 Å². The van der Waals surface area contributed by atoms with Crippen molar-refractivity contribution >= 4 is 44.7 Å². The minimum absolute atomic E-state index is 0.237. The highest BCUT2D eigenvalue weighted by Gasteiger charge is 2.19. The van der Waals surface area contributed by atoms with E-state index in [9.17, 15) is 13.2 Å². The van der Waals surface area contributed by atoms with Gasteiger partial charge in [0, 0.05) is 45.9 Å². The van der Waals surface area contributed by atoms with Gasteiger partial charge in [0.25, 0.3) is 0 Å². The number of methoxy groups -OCH3 is 1. The van der Waals surface area contributed by atoms with Crippen molar-refractivity contribution in [3.05, 3.63) is 53.1 Å². The fraction of sp³-hybridized carbons (Fsp3) is 0.200. The molecule has 0 spiro atoms. The number of hydrogen-bond donors (Lipinski definition) is 2. The van der Waals surface area contributed by atoms with E-state index in [-0.39, 0.29) is 17.1 Å². The summed E-state index contributed by atoms with van der Waals surface area (Å²) in [4.78, 5) is 4.34. The summed E-state index contributed by atoms with van der Waals surface area (Å²) in [6.45, 7) is 0.269. The number of pyridine rings is 1. The molecule has 1 atom stereocenters. The third kappa shape index (κ3) is 3.89. The third-order valence-electron chi connectivity index (χ3n) is 4.90. The molecule has 0 saturated heterocycles. The zero-order chi connectivity index (χ0) is 21.3. The first-order chi connectivity index (χ1) is 14.5. The fourth-order valence-electron chi connectivity index (χ4n) is 3.48. The number of benzene rings is 2. The van der Waals surface area contributed by atoms with E-state index in [0.717, 1.165) is 21.7 Å². The van der Waals surface area contributed by atoms with Crippen molar-refractivity contribution in [1.29, 1.82) is 0 Å². The minimum Gasteiger partial charge on any atom is -0.760 e. The molecule has 2 aromatic carbocycles. The molecule has 2 heterocycles. The van der Waals surface area contributed by atoms with Gasteiger partial charge in [0.05, 0.1) is 18.3 Å². The molecule has 7 nitrogen and oxygen atoms in total. The summed E-state index contributed by atoms with van der Waals surface area (Å²) in [6.07, 6.45) is 4.38. The zero-order valence-corrected chi connectivity index (χ0v) is 17.4. The summed E-state index contributed by atoms with van der Waals surface area (Å²) < 4.78 is 43.9. The number of nitrogens with zero attached hydrogens (tertiary/aromatic N) is 2. The zero-order valence-electron chi connectivity index (χ0n) is 15.9. The Kier molecular flexibility index (Phi) is 5.96. The van der Waals surface area contributed by atoms with Crippen molar-refractivity contribution in [1.82, 2.24) is 19.9 Å². The number of nitrogens with one attached hydrogen (secondary N) is 2. The molecule has 0 aliphatic heterocycles. The molecule has 0 aliphatic rings. The summed E-state index contributed by atoms with van der Waals surface area (Å²) in [7, 11) is 1.52. The Morgan fingerprint density at radius 1 is 1.30 bits per heavy atom. The second kappa shape index (κ2) is 8.65. The molecule has 0 fully saturated rings. The summed E-state index contributed by atoms with van der Waals surface area (Å²) in [5.41, 5.74) is 2.12.